The van der Waals surface area contributed by atoms with Crippen molar-refractivity contribution in [1.29, 1.82) is 5.26 Å². The number of nitriles is 1. The first-order valence-electron chi connectivity index (χ1n) is 7.63. The van der Waals surface area contributed by atoms with E-state index in [2.05, 4.69) is 21.2 Å². The van der Waals surface area contributed by atoms with E-state index in [9.17, 15) is 15.2 Å². The van der Waals surface area contributed by atoms with Crippen molar-refractivity contribution in [2.24, 2.45) is 0 Å². The number of aromatic hydroxyl groups is 1. The molecule has 122 valence electrons. The third kappa shape index (κ3) is 4.49. The molecular weight excluding hydrogens is 360 g/mol. The maximum Gasteiger partial charge on any atom is 0.262 e. The summed E-state index contributed by atoms with van der Waals surface area (Å²) in [6, 6.07) is 5.34. The van der Waals surface area contributed by atoms with Gasteiger partial charge in [0.05, 0.1) is 11.1 Å². The molecule has 1 aromatic rings. The second kappa shape index (κ2) is 8.02. The SMILES string of the molecule is CCOc1cc(C=C(C#N)C(=O)NC2CCCC2)cc(Br)c1O. The van der Waals surface area contributed by atoms with Crippen molar-refractivity contribution in [3.63, 3.8) is 0 Å². The van der Waals surface area contributed by atoms with Crippen molar-refractivity contribution < 1.29 is 14.6 Å². The maximum absolute atomic E-state index is 12.2. The molecular formula is C17H19BrN2O3. The van der Waals surface area contributed by atoms with Crippen LogP contribution in [0.3, 0.4) is 0 Å². The lowest BCUT2D eigenvalue weighted by atomic mass is 10.1. The molecule has 1 aliphatic carbocycles. The lowest BCUT2D eigenvalue weighted by molar-refractivity contribution is -0.117. The number of hydrogen-bond donors (Lipinski definition) is 2. The average Bonchev–Trinajstić information content (AvgIpc) is 3.02. The van der Waals surface area contributed by atoms with Crippen molar-refractivity contribution in [3.05, 3.63) is 27.7 Å². The largest absolute Gasteiger partial charge is 0.503 e. The molecule has 6 heteroatoms. The molecule has 1 aliphatic rings. The van der Waals surface area contributed by atoms with Gasteiger partial charge >= 0.3 is 0 Å². The van der Waals surface area contributed by atoms with E-state index in [0.29, 0.717) is 22.4 Å². The lowest BCUT2D eigenvalue weighted by Gasteiger charge is -2.11. The average molecular weight is 379 g/mol. The van der Waals surface area contributed by atoms with Gasteiger partial charge < -0.3 is 15.2 Å². The summed E-state index contributed by atoms with van der Waals surface area (Å²) in [5, 5.41) is 22.1. The molecule has 0 aliphatic heterocycles. The van der Waals surface area contributed by atoms with Crippen LogP contribution >= 0.6 is 15.9 Å². The Balaban J connectivity index is 2.23. The summed E-state index contributed by atoms with van der Waals surface area (Å²) in [7, 11) is 0. The molecule has 0 heterocycles. The summed E-state index contributed by atoms with van der Waals surface area (Å²) in [6.45, 7) is 2.21. The van der Waals surface area contributed by atoms with E-state index in [1.807, 2.05) is 13.0 Å². The third-order valence-electron chi connectivity index (χ3n) is 3.72. The van der Waals surface area contributed by atoms with E-state index < -0.39 is 0 Å². The number of ether oxygens (including phenoxy) is 1. The van der Waals surface area contributed by atoms with Crippen LogP contribution in [0, 0.1) is 11.3 Å². The van der Waals surface area contributed by atoms with Crippen molar-refractivity contribution in [2.45, 2.75) is 38.6 Å². The van der Waals surface area contributed by atoms with Crippen LogP contribution in [0.25, 0.3) is 6.08 Å². The van der Waals surface area contributed by atoms with Gasteiger partial charge in [0.15, 0.2) is 11.5 Å². The quantitative estimate of drug-likeness (QED) is 0.606. The number of carbonyl (C=O) groups excluding carboxylic acids is 1. The summed E-state index contributed by atoms with van der Waals surface area (Å²) >= 11 is 3.24. The highest BCUT2D eigenvalue weighted by Crippen LogP contribution is 2.36. The minimum atomic E-state index is -0.360. The Kier molecular flexibility index (Phi) is 6.05. The summed E-state index contributed by atoms with van der Waals surface area (Å²) < 4.78 is 5.80. The van der Waals surface area contributed by atoms with Gasteiger partial charge in [0, 0.05) is 6.04 Å². The fraction of sp³-hybridized carbons (Fsp3) is 0.412. The second-order valence-corrected chi connectivity index (χ2v) is 6.26. The first-order chi connectivity index (χ1) is 11.0. The summed E-state index contributed by atoms with van der Waals surface area (Å²) in [5.74, 6) is -0.0545. The molecule has 0 atom stereocenters. The van der Waals surface area contributed by atoms with E-state index in [0.717, 1.165) is 25.7 Å². The Morgan fingerprint density at radius 1 is 1.52 bits per heavy atom. The molecule has 1 amide bonds. The van der Waals surface area contributed by atoms with Crippen molar-refractivity contribution in [2.75, 3.05) is 6.61 Å². The number of phenolic OH excluding ortho intramolecular Hbond substituents is 1. The van der Waals surface area contributed by atoms with Gasteiger partial charge in [-0.05, 0) is 59.5 Å². The molecule has 0 spiro atoms. The van der Waals surface area contributed by atoms with E-state index in [4.69, 9.17) is 4.74 Å². The van der Waals surface area contributed by atoms with Crippen LogP contribution in [0.15, 0.2) is 22.2 Å². The first-order valence-corrected chi connectivity index (χ1v) is 8.42. The van der Waals surface area contributed by atoms with Gasteiger partial charge in [-0.25, -0.2) is 0 Å². The number of halogens is 1. The summed E-state index contributed by atoms with van der Waals surface area (Å²) in [5.41, 5.74) is 0.646. The molecule has 0 saturated heterocycles. The Morgan fingerprint density at radius 2 is 2.22 bits per heavy atom. The zero-order valence-corrected chi connectivity index (χ0v) is 14.5. The Labute approximate surface area is 144 Å². The molecule has 2 rings (SSSR count). The molecule has 0 radical (unpaired) electrons. The second-order valence-electron chi connectivity index (χ2n) is 5.41. The van der Waals surface area contributed by atoms with E-state index in [-0.39, 0.29) is 23.3 Å². The fourth-order valence-electron chi connectivity index (χ4n) is 2.59. The highest BCUT2D eigenvalue weighted by molar-refractivity contribution is 9.10. The van der Waals surface area contributed by atoms with Gasteiger partial charge in [-0.2, -0.15) is 5.26 Å². The number of rotatable bonds is 5. The maximum atomic E-state index is 12.2. The number of nitrogens with one attached hydrogen (secondary N) is 1. The predicted molar refractivity (Wildman–Crippen MR) is 91.0 cm³/mol. The van der Waals surface area contributed by atoms with Crippen LogP contribution in [0.1, 0.15) is 38.2 Å². The van der Waals surface area contributed by atoms with Crippen LogP contribution in [-0.2, 0) is 4.79 Å². The fourth-order valence-corrected chi connectivity index (χ4v) is 3.05. The molecule has 0 bridgehead atoms. The van der Waals surface area contributed by atoms with Crippen LogP contribution < -0.4 is 10.1 Å². The molecule has 1 saturated carbocycles. The van der Waals surface area contributed by atoms with Crippen molar-refractivity contribution >= 4 is 27.9 Å². The third-order valence-corrected chi connectivity index (χ3v) is 4.32. The molecule has 0 aromatic heterocycles. The number of carbonyl (C=O) groups is 1. The van der Waals surface area contributed by atoms with Gasteiger partial charge in [0.1, 0.15) is 11.6 Å². The zero-order chi connectivity index (χ0) is 16.8. The zero-order valence-electron chi connectivity index (χ0n) is 12.9. The van der Waals surface area contributed by atoms with E-state index in [1.165, 1.54) is 6.08 Å². The Morgan fingerprint density at radius 3 is 2.83 bits per heavy atom. The number of hydrogen-bond acceptors (Lipinski definition) is 4. The number of nitrogens with zero attached hydrogens (tertiary/aromatic N) is 1. The number of phenols is 1. The topological polar surface area (TPSA) is 82.3 Å². The minimum absolute atomic E-state index is 0.00193. The minimum Gasteiger partial charge on any atom is -0.503 e. The number of benzene rings is 1. The van der Waals surface area contributed by atoms with Gasteiger partial charge in [-0.15, -0.1) is 0 Å². The van der Waals surface area contributed by atoms with E-state index >= 15 is 0 Å². The van der Waals surface area contributed by atoms with Crippen molar-refractivity contribution in [3.8, 4) is 17.6 Å². The monoisotopic (exact) mass is 378 g/mol. The molecule has 1 fully saturated rings. The van der Waals surface area contributed by atoms with Crippen LogP contribution in [0.2, 0.25) is 0 Å². The predicted octanol–water partition coefficient (Wildman–Crippen LogP) is 3.52. The summed E-state index contributed by atoms with van der Waals surface area (Å²) in [4.78, 5) is 12.2. The van der Waals surface area contributed by atoms with Crippen LogP contribution in [-0.4, -0.2) is 23.7 Å². The van der Waals surface area contributed by atoms with Crippen LogP contribution in [0.4, 0.5) is 0 Å². The van der Waals surface area contributed by atoms with Gasteiger partial charge in [-0.1, -0.05) is 12.8 Å². The number of amides is 1. The summed E-state index contributed by atoms with van der Waals surface area (Å²) in [6.07, 6.45) is 5.64. The van der Waals surface area contributed by atoms with Gasteiger partial charge in [0.2, 0.25) is 0 Å². The standard InChI is InChI=1S/C17H19BrN2O3/c1-2-23-15-9-11(8-14(18)16(15)21)7-12(10-19)17(22)20-13-5-3-4-6-13/h7-9,13,21H,2-6H2,1H3,(H,20,22). The molecule has 2 N–H and O–H groups in total. The molecule has 5 nitrogen and oxygen atoms in total. The highest BCUT2D eigenvalue weighted by Gasteiger charge is 2.19. The normalized spacial score (nSPS) is 15.3. The smallest absolute Gasteiger partial charge is 0.262 e. The molecule has 1 aromatic carbocycles. The van der Waals surface area contributed by atoms with Gasteiger partial charge in [0.25, 0.3) is 5.91 Å². The van der Waals surface area contributed by atoms with Crippen LogP contribution in [0.5, 0.6) is 11.5 Å². The molecule has 0 unspecified atom stereocenters. The lowest BCUT2D eigenvalue weighted by Crippen LogP contribution is -2.33. The van der Waals surface area contributed by atoms with Crippen molar-refractivity contribution in [1.82, 2.24) is 5.32 Å². The van der Waals surface area contributed by atoms with E-state index in [1.54, 1.807) is 12.1 Å². The molecule has 23 heavy (non-hydrogen) atoms. The Hall–Kier alpha value is -2.00. The highest BCUT2D eigenvalue weighted by atomic mass is 79.9. The van der Waals surface area contributed by atoms with Gasteiger partial charge in [-0.3, -0.25) is 4.79 Å². The Bertz CT molecular complexity index is 659. The first kappa shape index (κ1) is 17.4.